The number of nitrogens with one attached hydrogen (secondary N) is 1. The number of piperidine rings is 1. The lowest BCUT2D eigenvalue weighted by Crippen LogP contribution is -2.44. The first-order valence-corrected chi connectivity index (χ1v) is 7.88. The lowest BCUT2D eigenvalue weighted by Gasteiger charge is -2.42. The average Bonchev–Trinajstić information content (AvgIpc) is 2.36. The van der Waals surface area contributed by atoms with Gasteiger partial charge in [0.15, 0.2) is 0 Å². The van der Waals surface area contributed by atoms with E-state index in [-0.39, 0.29) is 0 Å². The van der Waals surface area contributed by atoms with E-state index < -0.39 is 0 Å². The fraction of sp³-hybridized carbons (Fsp3) is 0.625. The van der Waals surface area contributed by atoms with Crippen LogP contribution in [0.2, 0.25) is 0 Å². The van der Waals surface area contributed by atoms with Crippen molar-refractivity contribution in [1.82, 2.24) is 5.32 Å². The van der Waals surface area contributed by atoms with Gasteiger partial charge in [-0.15, -0.1) is 0 Å². The average molecular weight is 310 g/mol. The third-order valence-corrected chi connectivity index (χ3v) is 4.94. The molecule has 1 aliphatic rings. The van der Waals surface area contributed by atoms with Gasteiger partial charge in [-0.25, -0.2) is 0 Å². The van der Waals surface area contributed by atoms with Crippen LogP contribution in [0.15, 0.2) is 28.7 Å². The van der Waals surface area contributed by atoms with Crippen molar-refractivity contribution in [3.63, 3.8) is 0 Å². The van der Waals surface area contributed by atoms with Crippen LogP contribution in [0.3, 0.4) is 0 Å². The van der Waals surface area contributed by atoms with E-state index in [0.29, 0.717) is 5.41 Å². The molecule has 1 fully saturated rings. The minimum atomic E-state index is 0.467. The summed E-state index contributed by atoms with van der Waals surface area (Å²) in [4.78, 5) is 0. The van der Waals surface area contributed by atoms with Crippen LogP contribution in [0, 0.1) is 11.3 Å². The van der Waals surface area contributed by atoms with E-state index in [2.05, 4.69) is 59.4 Å². The van der Waals surface area contributed by atoms with Crippen molar-refractivity contribution in [2.75, 3.05) is 13.1 Å². The third kappa shape index (κ3) is 3.36. The van der Waals surface area contributed by atoms with Gasteiger partial charge in [-0.05, 0) is 61.4 Å². The predicted molar refractivity (Wildman–Crippen MR) is 81.8 cm³/mol. The van der Waals surface area contributed by atoms with Crippen LogP contribution in [0.4, 0.5) is 0 Å². The molecular weight excluding hydrogens is 286 g/mol. The summed E-state index contributed by atoms with van der Waals surface area (Å²) in [7, 11) is 0. The Labute approximate surface area is 119 Å². The molecule has 100 valence electrons. The summed E-state index contributed by atoms with van der Waals surface area (Å²) in [6.07, 6.45) is 5.16. The van der Waals surface area contributed by atoms with Gasteiger partial charge in [0.1, 0.15) is 0 Å². The molecule has 1 N–H and O–H groups in total. The first-order valence-electron chi connectivity index (χ1n) is 7.09. The SMILES string of the molecule is CCCC1CNCCC1(C)Cc1ccc(Br)cc1. The van der Waals surface area contributed by atoms with E-state index in [1.165, 1.54) is 48.8 Å². The molecule has 0 bridgehead atoms. The van der Waals surface area contributed by atoms with E-state index in [0.717, 1.165) is 5.92 Å². The summed E-state index contributed by atoms with van der Waals surface area (Å²) >= 11 is 3.51. The smallest absolute Gasteiger partial charge is 0.0175 e. The lowest BCUT2D eigenvalue weighted by molar-refractivity contribution is 0.120. The highest BCUT2D eigenvalue weighted by atomic mass is 79.9. The minimum absolute atomic E-state index is 0.467. The van der Waals surface area contributed by atoms with E-state index in [1.807, 2.05) is 0 Å². The second-order valence-electron chi connectivity index (χ2n) is 5.90. The topological polar surface area (TPSA) is 12.0 Å². The quantitative estimate of drug-likeness (QED) is 0.869. The van der Waals surface area contributed by atoms with Crippen molar-refractivity contribution in [2.45, 2.75) is 39.5 Å². The molecule has 1 aliphatic heterocycles. The highest BCUT2D eigenvalue weighted by Crippen LogP contribution is 2.39. The Morgan fingerprint density at radius 3 is 2.72 bits per heavy atom. The zero-order valence-electron chi connectivity index (χ0n) is 11.5. The molecule has 2 rings (SSSR count). The second kappa shape index (κ2) is 6.21. The van der Waals surface area contributed by atoms with Gasteiger partial charge in [-0.3, -0.25) is 0 Å². The molecule has 18 heavy (non-hydrogen) atoms. The van der Waals surface area contributed by atoms with Gasteiger partial charge in [0.25, 0.3) is 0 Å². The van der Waals surface area contributed by atoms with Crippen molar-refractivity contribution in [2.24, 2.45) is 11.3 Å². The molecule has 2 unspecified atom stereocenters. The first kappa shape index (κ1) is 14.1. The van der Waals surface area contributed by atoms with Gasteiger partial charge >= 0.3 is 0 Å². The normalized spacial score (nSPS) is 28.3. The van der Waals surface area contributed by atoms with Crippen molar-refractivity contribution >= 4 is 15.9 Å². The van der Waals surface area contributed by atoms with Gasteiger partial charge < -0.3 is 5.32 Å². The van der Waals surface area contributed by atoms with Gasteiger partial charge in [0.2, 0.25) is 0 Å². The molecule has 1 saturated heterocycles. The summed E-state index contributed by atoms with van der Waals surface area (Å²) in [5, 5.41) is 3.56. The monoisotopic (exact) mass is 309 g/mol. The Morgan fingerprint density at radius 1 is 1.33 bits per heavy atom. The zero-order chi connectivity index (χ0) is 13.0. The third-order valence-electron chi connectivity index (χ3n) is 4.41. The molecule has 0 aliphatic carbocycles. The molecule has 0 amide bonds. The molecule has 2 atom stereocenters. The molecule has 0 saturated carbocycles. The highest BCUT2D eigenvalue weighted by Gasteiger charge is 2.35. The Kier molecular flexibility index (Phi) is 4.85. The van der Waals surface area contributed by atoms with Gasteiger partial charge in [0, 0.05) is 4.47 Å². The molecule has 1 aromatic carbocycles. The molecule has 0 spiro atoms. The summed E-state index contributed by atoms with van der Waals surface area (Å²) in [5.41, 5.74) is 1.94. The van der Waals surface area contributed by atoms with Crippen molar-refractivity contribution in [3.05, 3.63) is 34.3 Å². The zero-order valence-corrected chi connectivity index (χ0v) is 13.1. The maximum absolute atomic E-state index is 3.56. The molecule has 0 aromatic heterocycles. The molecular formula is C16H24BrN. The summed E-state index contributed by atoms with van der Waals surface area (Å²) in [6, 6.07) is 8.85. The maximum atomic E-state index is 3.56. The summed E-state index contributed by atoms with van der Waals surface area (Å²) in [5.74, 6) is 0.819. The first-order chi connectivity index (χ1) is 8.64. The van der Waals surface area contributed by atoms with Crippen LogP contribution in [0.5, 0.6) is 0 Å². The van der Waals surface area contributed by atoms with Crippen LogP contribution in [0.25, 0.3) is 0 Å². The number of benzene rings is 1. The van der Waals surface area contributed by atoms with Crippen LogP contribution in [-0.2, 0) is 6.42 Å². The Bertz CT molecular complexity index is 371. The van der Waals surface area contributed by atoms with Crippen LogP contribution in [0.1, 0.15) is 38.7 Å². The molecule has 1 aromatic rings. The van der Waals surface area contributed by atoms with Crippen molar-refractivity contribution in [3.8, 4) is 0 Å². The Morgan fingerprint density at radius 2 is 2.06 bits per heavy atom. The number of halogens is 1. The largest absolute Gasteiger partial charge is 0.316 e. The van der Waals surface area contributed by atoms with E-state index >= 15 is 0 Å². The summed E-state index contributed by atoms with van der Waals surface area (Å²) < 4.78 is 1.17. The molecule has 2 heteroatoms. The standard InChI is InChI=1S/C16H24BrN/c1-3-4-14-12-18-10-9-16(14,2)11-13-5-7-15(17)8-6-13/h5-8,14,18H,3-4,9-12H2,1-2H3. The fourth-order valence-electron chi connectivity index (χ4n) is 3.20. The van der Waals surface area contributed by atoms with E-state index in [1.54, 1.807) is 0 Å². The Balaban J connectivity index is 2.10. The molecule has 0 radical (unpaired) electrons. The predicted octanol–water partition coefficient (Wildman–Crippen LogP) is 4.41. The fourth-order valence-corrected chi connectivity index (χ4v) is 3.47. The summed E-state index contributed by atoms with van der Waals surface area (Å²) in [6.45, 7) is 7.15. The molecule has 1 heterocycles. The second-order valence-corrected chi connectivity index (χ2v) is 6.81. The van der Waals surface area contributed by atoms with E-state index in [4.69, 9.17) is 0 Å². The van der Waals surface area contributed by atoms with E-state index in [9.17, 15) is 0 Å². The Hall–Kier alpha value is -0.340. The van der Waals surface area contributed by atoms with Crippen LogP contribution >= 0.6 is 15.9 Å². The van der Waals surface area contributed by atoms with Gasteiger partial charge in [-0.2, -0.15) is 0 Å². The maximum Gasteiger partial charge on any atom is 0.0175 e. The number of rotatable bonds is 4. The van der Waals surface area contributed by atoms with Crippen LogP contribution in [-0.4, -0.2) is 13.1 Å². The lowest BCUT2D eigenvalue weighted by atomic mass is 9.67. The minimum Gasteiger partial charge on any atom is -0.316 e. The molecule has 1 nitrogen and oxygen atoms in total. The highest BCUT2D eigenvalue weighted by molar-refractivity contribution is 9.10. The van der Waals surface area contributed by atoms with Gasteiger partial charge in [0.05, 0.1) is 0 Å². The van der Waals surface area contributed by atoms with Crippen molar-refractivity contribution < 1.29 is 0 Å². The number of hydrogen-bond acceptors (Lipinski definition) is 1. The van der Waals surface area contributed by atoms with Gasteiger partial charge in [-0.1, -0.05) is 48.3 Å². The van der Waals surface area contributed by atoms with Crippen LogP contribution < -0.4 is 5.32 Å². The number of hydrogen-bond donors (Lipinski definition) is 1. The van der Waals surface area contributed by atoms with Crippen molar-refractivity contribution in [1.29, 1.82) is 0 Å².